The normalized spacial score (nSPS) is 10.6. The second-order valence-electron chi connectivity index (χ2n) is 7.35. The van der Waals surface area contributed by atoms with Crippen molar-refractivity contribution < 1.29 is 4.79 Å². The van der Waals surface area contributed by atoms with Gasteiger partial charge in [0, 0.05) is 23.3 Å². The minimum Gasteiger partial charge on any atom is -0.301 e. The third kappa shape index (κ3) is 5.64. The van der Waals surface area contributed by atoms with Gasteiger partial charge >= 0.3 is 0 Å². The van der Waals surface area contributed by atoms with Crippen molar-refractivity contribution in [3.63, 3.8) is 0 Å². The molecular formula is C25H21N5OS2. The van der Waals surface area contributed by atoms with E-state index in [-0.39, 0.29) is 12.3 Å². The highest BCUT2D eigenvalue weighted by Crippen LogP contribution is 2.34. The first-order valence-electron chi connectivity index (χ1n) is 10.3. The molecule has 4 aromatic rings. The van der Waals surface area contributed by atoms with Crippen LogP contribution in [0, 0.1) is 25.2 Å². The van der Waals surface area contributed by atoms with Crippen LogP contribution < -0.4 is 5.32 Å². The first-order valence-corrected chi connectivity index (χ1v) is 12.1. The lowest BCUT2D eigenvalue weighted by atomic mass is 9.98. The van der Waals surface area contributed by atoms with Crippen LogP contribution in [0.5, 0.6) is 0 Å². The molecule has 0 radical (unpaired) electrons. The predicted octanol–water partition coefficient (Wildman–Crippen LogP) is 5.88. The highest BCUT2D eigenvalue weighted by Gasteiger charge is 2.16. The lowest BCUT2D eigenvalue weighted by molar-refractivity contribution is -0.115. The summed E-state index contributed by atoms with van der Waals surface area (Å²) >= 11 is 2.75. The average Bonchev–Trinajstić information content (AvgIpc) is 3.24. The molecule has 0 saturated heterocycles. The Morgan fingerprint density at radius 2 is 1.82 bits per heavy atom. The zero-order chi connectivity index (χ0) is 23.2. The number of carbonyl (C=O) groups is 1. The van der Waals surface area contributed by atoms with E-state index in [4.69, 9.17) is 4.98 Å². The van der Waals surface area contributed by atoms with E-state index < -0.39 is 0 Å². The molecule has 2 aromatic carbocycles. The van der Waals surface area contributed by atoms with Crippen molar-refractivity contribution in [3.05, 3.63) is 76.8 Å². The number of nitrogens with one attached hydrogen (secondary N) is 1. The van der Waals surface area contributed by atoms with E-state index in [9.17, 15) is 10.1 Å². The SMILES string of the molecule is Cc1ccc(-c2cc(-c3ccccc3)nc(SCCC(=O)Nc3nnc(C)s3)c2C#N)cc1. The van der Waals surface area contributed by atoms with E-state index in [0.717, 1.165) is 33.0 Å². The average molecular weight is 472 g/mol. The monoisotopic (exact) mass is 471 g/mol. The van der Waals surface area contributed by atoms with Crippen LogP contribution in [-0.2, 0) is 4.79 Å². The van der Waals surface area contributed by atoms with Gasteiger partial charge in [0.25, 0.3) is 0 Å². The maximum Gasteiger partial charge on any atom is 0.227 e. The summed E-state index contributed by atoms with van der Waals surface area (Å²) in [6.07, 6.45) is 0.269. The minimum absolute atomic E-state index is 0.143. The van der Waals surface area contributed by atoms with Crippen molar-refractivity contribution in [2.24, 2.45) is 0 Å². The number of hydrogen-bond donors (Lipinski definition) is 1. The number of hydrogen-bond acceptors (Lipinski definition) is 7. The first kappa shape index (κ1) is 22.6. The summed E-state index contributed by atoms with van der Waals surface area (Å²) in [6.45, 7) is 3.87. The Balaban J connectivity index is 1.61. The molecule has 0 unspecified atom stereocenters. The summed E-state index contributed by atoms with van der Waals surface area (Å²) in [5.74, 6) is 0.340. The van der Waals surface area contributed by atoms with Crippen LogP contribution in [0.3, 0.4) is 0 Å². The highest BCUT2D eigenvalue weighted by molar-refractivity contribution is 7.99. The van der Waals surface area contributed by atoms with E-state index >= 15 is 0 Å². The molecule has 0 aliphatic heterocycles. The van der Waals surface area contributed by atoms with Gasteiger partial charge in [0.15, 0.2) is 0 Å². The smallest absolute Gasteiger partial charge is 0.227 e. The summed E-state index contributed by atoms with van der Waals surface area (Å²) in [4.78, 5) is 17.1. The van der Waals surface area contributed by atoms with Crippen molar-refractivity contribution in [1.82, 2.24) is 15.2 Å². The van der Waals surface area contributed by atoms with Crippen LogP contribution in [0.25, 0.3) is 22.4 Å². The van der Waals surface area contributed by atoms with Gasteiger partial charge in [0.2, 0.25) is 11.0 Å². The Hall–Kier alpha value is -3.54. The molecule has 1 amide bonds. The van der Waals surface area contributed by atoms with Crippen molar-refractivity contribution in [3.8, 4) is 28.5 Å². The highest BCUT2D eigenvalue weighted by atomic mass is 32.2. The standard InChI is InChI=1S/C25H21N5OS2/c1-16-8-10-18(11-9-16)20-14-22(19-6-4-3-5-7-19)27-24(21(20)15-26)32-13-12-23(31)28-25-30-29-17(2)33-25/h3-11,14H,12-13H2,1-2H3,(H,28,30,31). The zero-order valence-corrected chi connectivity index (χ0v) is 19.8. The molecule has 0 saturated carbocycles. The van der Waals surface area contributed by atoms with Crippen molar-refractivity contribution >= 4 is 34.1 Å². The third-order valence-corrected chi connectivity index (χ3v) is 6.60. The number of nitrogens with zero attached hydrogens (tertiary/aromatic N) is 4. The van der Waals surface area contributed by atoms with Gasteiger partial charge in [-0.1, -0.05) is 71.5 Å². The summed E-state index contributed by atoms with van der Waals surface area (Å²) in [7, 11) is 0. The van der Waals surface area contributed by atoms with E-state index in [2.05, 4.69) is 21.6 Å². The van der Waals surface area contributed by atoms with Crippen molar-refractivity contribution in [2.75, 3.05) is 11.1 Å². The fourth-order valence-electron chi connectivity index (χ4n) is 3.22. The lowest BCUT2D eigenvalue weighted by Crippen LogP contribution is -2.12. The molecule has 0 fully saturated rings. The molecule has 2 heterocycles. The largest absolute Gasteiger partial charge is 0.301 e. The number of pyridine rings is 1. The molecular weight excluding hydrogens is 450 g/mol. The summed E-state index contributed by atoms with van der Waals surface area (Å²) < 4.78 is 0. The number of aryl methyl sites for hydroxylation is 2. The maximum absolute atomic E-state index is 12.3. The summed E-state index contributed by atoms with van der Waals surface area (Å²) in [5, 5.41) is 22.5. The van der Waals surface area contributed by atoms with Crippen LogP contribution >= 0.6 is 23.1 Å². The summed E-state index contributed by atoms with van der Waals surface area (Å²) in [5.41, 5.74) is 5.23. The van der Waals surface area contributed by atoms with E-state index in [1.54, 1.807) is 0 Å². The molecule has 0 aliphatic rings. The van der Waals surface area contributed by atoms with Gasteiger partial charge in [-0.2, -0.15) is 5.26 Å². The number of amides is 1. The van der Waals surface area contributed by atoms with Crippen LogP contribution in [0.4, 0.5) is 5.13 Å². The van der Waals surface area contributed by atoms with E-state index in [1.807, 2.05) is 74.5 Å². The summed E-state index contributed by atoms with van der Waals surface area (Å²) in [6, 6.07) is 22.3. The molecule has 4 rings (SSSR count). The molecule has 0 aliphatic carbocycles. The Morgan fingerprint density at radius 1 is 1.06 bits per heavy atom. The number of aromatic nitrogens is 3. The molecule has 8 heteroatoms. The van der Waals surface area contributed by atoms with Crippen LogP contribution in [0.1, 0.15) is 22.6 Å². The fraction of sp³-hybridized carbons (Fsp3) is 0.160. The fourth-order valence-corrected chi connectivity index (χ4v) is 4.77. The van der Waals surface area contributed by atoms with Gasteiger partial charge in [-0.05, 0) is 25.5 Å². The molecule has 0 spiro atoms. The van der Waals surface area contributed by atoms with E-state index in [0.29, 0.717) is 21.5 Å². The van der Waals surface area contributed by atoms with Gasteiger partial charge in [-0.15, -0.1) is 22.0 Å². The first-order chi connectivity index (χ1) is 16.0. The molecule has 2 aromatic heterocycles. The van der Waals surface area contributed by atoms with Crippen LogP contribution in [0.2, 0.25) is 0 Å². The molecule has 0 atom stereocenters. The molecule has 33 heavy (non-hydrogen) atoms. The number of thioether (sulfide) groups is 1. The number of anilines is 1. The lowest BCUT2D eigenvalue weighted by Gasteiger charge is -2.13. The topological polar surface area (TPSA) is 91.6 Å². The second kappa shape index (κ2) is 10.4. The van der Waals surface area contributed by atoms with E-state index in [1.165, 1.54) is 23.1 Å². The maximum atomic E-state index is 12.3. The predicted molar refractivity (Wildman–Crippen MR) is 133 cm³/mol. The Bertz CT molecular complexity index is 1310. The third-order valence-electron chi connectivity index (χ3n) is 4.87. The number of benzene rings is 2. The van der Waals surface area contributed by atoms with Gasteiger partial charge in [0.1, 0.15) is 16.1 Å². The Labute approximate surface area is 200 Å². The zero-order valence-electron chi connectivity index (χ0n) is 18.2. The van der Waals surface area contributed by atoms with Crippen molar-refractivity contribution in [2.45, 2.75) is 25.3 Å². The number of nitriles is 1. The van der Waals surface area contributed by atoms with Crippen LogP contribution in [-0.4, -0.2) is 26.8 Å². The van der Waals surface area contributed by atoms with Crippen LogP contribution in [0.15, 0.2) is 65.7 Å². The minimum atomic E-state index is -0.143. The van der Waals surface area contributed by atoms with Gasteiger partial charge in [0.05, 0.1) is 11.3 Å². The molecule has 164 valence electrons. The quantitative estimate of drug-likeness (QED) is 0.339. The van der Waals surface area contributed by atoms with Gasteiger partial charge in [-0.25, -0.2) is 4.98 Å². The molecule has 6 nitrogen and oxygen atoms in total. The Morgan fingerprint density at radius 3 is 2.48 bits per heavy atom. The number of rotatable bonds is 7. The molecule has 1 N–H and O–H groups in total. The van der Waals surface area contributed by atoms with Crippen molar-refractivity contribution in [1.29, 1.82) is 5.26 Å². The number of carbonyl (C=O) groups excluding carboxylic acids is 1. The molecule has 0 bridgehead atoms. The van der Waals surface area contributed by atoms with Gasteiger partial charge in [-0.3, -0.25) is 4.79 Å². The Kier molecular flexibility index (Phi) is 7.13. The second-order valence-corrected chi connectivity index (χ2v) is 9.62. The van der Waals surface area contributed by atoms with Gasteiger partial charge < -0.3 is 5.32 Å².